The van der Waals surface area contributed by atoms with Gasteiger partial charge in [-0.3, -0.25) is 4.79 Å². The van der Waals surface area contributed by atoms with E-state index in [1.165, 1.54) is 4.88 Å². The minimum Gasteiger partial charge on any atom is -0.465 e. The maximum absolute atomic E-state index is 11.2. The molecule has 0 fully saturated rings. The highest BCUT2D eigenvalue weighted by molar-refractivity contribution is 9.10. The average Bonchev–Trinajstić information content (AvgIpc) is 2.65. The fraction of sp³-hybridized carbons (Fsp3) is 0.500. The number of ether oxygens (including phenoxy) is 1. The van der Waals surface area contributed by atoms with Crippen molar-refractivity contribution in [2.75, 3.05) is 12.4 Å². The minimum atomic E-state index is -0.524. The summed E-state index contributed by atoms with van der Waals surface area (Å²) in [4.78, 5) is 12.5. The molecule has 1 rings (SSSR count). The maximum Gasteiger partial charge on any atom is 0.323 e. The van der Waals surface area contributed by atoms with Gasteiger partial charge in [0.25, 0.3) is 0 Å². The van der Waals surface area contributed by atoms with Crippen LogP contribution in [0.1, 0.15) is 11.8 Å². The van der Waals surface area contributed by atoms with Crippen LogP contribution in [0.2, 0.25) is 0 Å². The van der Waals surface area contributed by atoms with Crippen LogP contribution in [0, 0.1) is 0 Å². The van der Waals surface area contributed by atoms with Gasteiger partial charge in [0, 0.05) is 20.9 Å². The highest BCUT2D eigenvalue weighted by atomic mass is 79.9. The number of halogens is 1. The molecule has 0 saturated heterocycles. The van der Waals surface area contributed by atoms with Gasteiger partial charge < -0.3 is 10.5 Å². The van der Waals surface area contributed by atoms with E-state index in [4.69, 9.17) is 10.5 Å². The number of carbonyl (C=O) groups excluding carboxylic acids is 1. The fourth-order valence-corrected chi connectivity index (χ4v) is 3.86. The van der Waals surface area contributed by atoms with E-state index in [2.05, 4.69) is 15.9 Å². The van der Waals surface area contributed by atoms with E-state index in [-0.39, 0.29) is 5.97 Å². The van der Waals surface area contributed by atoms with Crippen LogP contribution in [0.15, 0.2) is 15.9 Å². The van der Waals surface area contributed by atoms with Gasteiger partial charge in [-0.05, 0) is 34.3 Å². The summed E-state index contributed by atoms with van der Waals surface area (Å²) in [6.45, 7) is 2.16. The van der Waals surface area contributed by atoms with Gasteiger partial charge in [-0.25, -0.2) is 0 Å². The number of rotatable bonds is 6. The van der Waals surface area contributed by atoms with Gasteiger partial charge in [0.1, 0.15) is 6.04 Å². The molecule has 0 amide bonds. The molecule has 1 atom stereocenters. The molecule has 1 heterocycles. The van der Waals surface area contributed by atoms with Crippen LogP contribution in [-0.4, -0.2) is 24.4 Å². The van der Waals surface area contributed by atoms with Crippen molar-refractivity contribution < 1.29 is 9.53 Å². The van der Waals surface area contributed by atoms with E-state index in [1.807, 2.05) is 11.4 Å². The second kappa shape index (κ2) is 7.32. The SMILES string of the molecule is CCOC(=O)C(N)CSCc1sccc1Br. The van der Waals surface area contributed by atoms with E-state index in [1.54, 1.807) is 30.0 Å². The Hall–Kier alpha value is -0.0400. The lowest BCUT2D eigenvalue weighted by atomic mass is 10.4. The van der Waals surface area contributed by atoms with Gasteiger partial charge >= 0.3 is 5.97 Å². The predicted molar refractivity (Wildman–Crippen MR) is 72.8 cm³/mol. The number of hydrogen-bond donors (Lipinski definition) is 1. The molecule has 0 spiro atoms. The number of carbonyl (C=O) groups is 1. The summed E-state index contributed by atoms with van der Waals surface area (Å²) in [5, 5.41) is 2.03. The lowest BCUT2D eigenvalue weighted by Crippen LogP contribution is -2.34. The minimum absolute atomic E-state index is 0.319. The van der Waals surface area contributed by atoms with Gasteiger partial charge in [0.05, 0.1) is 6.61 Å². The van der Waals surface area contributed by atoms with Crippen molar-refractivity contribution in [1.82, 2.24) is 0 Å². The van der Waals surface area contributed by atoms with Gasteiger partial charge in [-0.15, -0.1) is 11.3 Å². The van der Waals surface area contributed by atoms with Crippen molar-refractivity contribution in [3.8, 4) is 0 Å². The summed E-state index contributed by atoms with van der Waals surface area (Å²) in [5.74, 6) is 1.13. The molecule has 0 bridgehead atoms. The lowest BCUT2D eigenvalue weighted by Gasteiger charge is -2.09. The first-order chi connectivity index (χ1) is 7.65. The molecule has 6 heteroatoms. The number of thiophene rings is 1. The normalized spacial score (nSPS) is 12.4. The van der Waals surface area contributed by atoms with Crippen LogP contribution in [0.25, 0.3) is 0 Å². The molecule has 1 aromatic heterocycles. The lowest BCUT2D eigenvalue weighted by molar-refractivity contribution is -0.144. The zero-order chi connectivity index (χ0) is 12.0. The molecule has 0 aliphatic rings. The zero-order valence-corrected chi connectivity index (χ0v) is 12.2. The molecule has 0 radical (unpaired) electrons. The summed E-state index contributed by atoms with van der Waals surface area (Å²) in [5.41, 5.74) is 5.68. The number of thioether (sulfide) groups is 1. The molecule has 3 nitrogen and oxygen atoms in total. The monoisotopic (exact) mass is 323 g/mol. The Morgan fingerprint density at radius 3 is 3.06 bits per heavy atom. The van der Waals surface area contributed by atoms with Crippen molar-refractivity contribution in [3.63, 3.8) is 0 Å². The summed E-state index contributed by atoms with van der Waals surface area (Å²) in [7, 11) is 0. The molecule has 0 saturated carbocycles. The third kappa shape index (κ3) is 4.45. The smallest absolute Gasteiger partial charge is 0.323 e. The first kappa shape index (κ1) is 14.0. The Balaban J connectivity index is 2.25. The predicted octanol–water partition coefficient (Wildman–Crippen LogP) is 2.63. The van der Waals surface area contributed by atoms with Crippen molar-refractivity contribution in [3.05, 3.63) is 20.8 Å². The van der Waals surface area contributed by atoms with E-state index >= 15 is 0 Å². The van der Waals surface area contributed by atoms with E-state index in [0.29, 0.717) is 12.4 Å². The topological polar surface area (TPSA) is 52.3 Å². The quantitative estimate of drug-likeness (QED) is 0.818. The van der Waals surface area contributed by atoms with E-state index < -0.39 is 6.04 Å². The highest BCUT2D eigenvalue weighted by Crippen LogP contribution is 2.26. The fourth-order valence-electron chi connectivity index (χ4n) is 1.02. The molecule has 1 unspecified atom stereocenters. The van der Waals surface area contributed by atoms with Crippen molar-refractivity contribution in [1.29, 1.82) is 0 Å². The molecule has 90 valence electrons. The molecule has 0 aromatic carbocycles. The molecule has 16 heavy (non-hydrogen) atoms. The van der Waals surface area contributed by atoms with Crippen molar-refractivity contribution >= 4 is 45.0 Å². The average molecular weight is 324 g/mol. The summed E-state index contributed by atoms with van der Waals surface area (Å²) in [6, 6.07) is 1.50. The Morgan fingerprint density at radius 1 is 1.75 bits per heavy atom. The number of esters is 1. The van der Waals surface area contributed by atoms with Crippen LogP contribution in [0.5, 0.6) is 0 Å². The largest absolute Gasteiger partial charge is 0.465 e. The number of hydrogen-bond acceptors (Lipinski definition) is 5. The van der Waals surface area contributed by atoms with Crippen LogP contribution in [-0.2, 0) is 15.3 Å². The van der Waals surface area contributed by atoms with E-state index in [0.717, 1.165) is 10.2 Å². The van der Waals surface area contributed by atoms with Gasteiger partial charge in [-0.2, -0.15) is 11.8 Å². The second-order valence-corrected chi connectivity index (χ2v) is 5.95. The molecular weight excluding hydrogens is 310 g/mol. The maximum atomic E-state index is 11.2. The van der Waals surface area contributed by atoms with Crippen LogP contribution < -0.4 is 5.73 Å². The number of nitrogens with two attached hydrogens (primary N) is 1. The Morgan fingerprint density at radius 2 is 2.50 bits per heavy atom. The Labute approximate surface area is 112 Å². The first-order valence-electron chi connectivity index (χ1n) is 4.87. The third-order valence-corrected chi connectivity index (χ3v) is 5.01. The zero-order valence-electron chi connectivity index (χ0n) is 8.94. The third-order valence-electron chi connectivity index (χ3n) is 1.81. The standard InChI is InChI=1S/C10H14BrNO2S2/c1-2-14-10(13)8(12)5-15-6-9-7(11)3-4-16-9/h3-4,8H,2,5-6,12H2,1H3. The summed E-state index contributed by atoms with van der Waals surface area (Å²) < 4.78 is 5.95. The summed E-state index contributed by atoms with van der Waals surface area (Å²) >= 11 is 6.80. The molecule has 2 N–H and O–H groups in total. The Kier molecular flexibility index (Phi) is 6.41. The van der Waals surface area contributed by atoms with E-state index in [9.17, 15) is 4.79 Å². The van der Waals surface area contributed by atoms with Gasteiger partial charge in [0.2, 0.25) is 0 Å². The molecule has 0 aliphatic heterocycles. The molecule has 0 aliphatic carbocycles. The first-order valence-corrected chi connectivity index (χ1v) is 7.69. The molecular formula is C10H14BrNO2S2. The molecule has 1 aromatic rings. The second-order valence-electron chi connectivity index (χ2n) is 3.07. The van der Waals surface area contributed by atoms with Crippen LogP contribution in [0.4, 0.5) is 0 Å². The summed E-state index contributed by atoms with van der Waals surface area (Å²) in [6.07, 6.45) is 0. The van der Waals surface area contributed by atoms with Gasteiger partial charge in [0.15, 0.2) is 0 Å². The van der Waals surface area contributed by atoms with Crippen molar-refractivity contribution in [2.45, 2.75) is 18.7 Å². The Bertz CT molecular complexity index is 343. The van der Waals surface area contributed by atoms with Crippen molar-refractivity contribution in [2.24, 2.45) is 5.73 Å². The van der Waals surface area contributed by atoms with Crippen LogP contribution >= 0.6 is 39.0 Å². The van der Waals surface area contributed by atoms with Gasteiger partial charge in [-0.1, -0.05) is 0 Å². The van der Waals surface area contributed by atoms with Crippen LogP contribution in [0.3, 0.4) is 0 Å². The highest BCUT2D eigenvalue weighted by Gasteiger charge is 2.14.